The van der Waals surface area contributed by atoms with Gasteiger partial charge in [0.1, 0.15) is 11.3 Å². The lowest BCUT2D eigenvalue weighted by Gasteiger charge is -2.42. The molecule has 98 valence electrons. The van der Waals surface area contributed by atoms with E-state index in [-0.39, 0.29) is 17.1 Å². The summed E-state index contributed by atoms with van der Waals surface area (Å²) in [4.78, 5) is 11.2. The van der Waals surface area contributed by atoms with E-state index in [1.54, 1.807) is 13.0 Å². The first kappa shape index (κ1) is 12.7. The third-order valence-electron chi connectivity index (χ3n) is 3.21. The van der Waals surface area contributed by atoms with Crippen LogP contribution in [0, 0.1) is 0 Å². The van der Waals surface area contributed by atoms with E-state index in [4.69, 9.17) is 9.39 Å². The number of carboxylic acid groups (broad SMARTS) is 1. The highest BCUT2D eigenvalue weighted by Gasteiger charge is 2.38. The van der Waals surface area contributed by atoms with Crippen LogP contribution >= 0.6 is 0 Å². The average Bonchev–Trinajstić information content (AvgIpc) is 2.28. The van der Waals surface area contributed by atoms with E-state index in [1.165, 1.54) is 13.2 Å². The second-order valence-electron chi connectivity index (χ2n) is 4.50. The van der Waals surface area contributed by atoms with Gasteiger partial charge in [0.25, 0.3) is 0 Å². The predicted octanol–water partition coefficient (Wildman–Crippen LogP) is 0.642. The molecule has 1 aliphatic heterocycles. The van der Waals surface area contributed by atoms with Crippen molar-refractivity contribution in [2.75, 3.05) is 7.11 Å². The number of hydrogen-bond acceptors (Lipinski definition) is 5. The molecule has 1 aromatic rings. The van der Waals surface area contributed by atoms with Gasteiger partial charge in [0, 0.05) is 0 Å². The molecule has 1 heterocycles. The van der Waals surface area contributed by atoms with Gasteiger partial charge >= 0.3 is 12.7 Å². The zero-order valence-corrected chi connectivity index (χ0v) is 10.1. The molecule has 7 heteroatoms. The maximum Gasteiger partial charge on any atom is 0.433 e. The van der Waals surface area contributed by atoms with Crippen molar-refractivity contribution in [1.29, 1.82) is 0 Å². The van der Waals surface area contributed by atoms with Gasteiger partial charge in [0.2, 0.25) is 0 Å². The summed E-state index contributed by atoms with van der Waals surface area (Å²) in [6.07, 6.45) is 0.340. The standard InChI is InChI=1S/C11H14BO6/c1-6-5-7-3-4-8(17-2)9(11(13)14)10(7)18-12(6,15)16/h3-4,6,15-16H,5H2,1-2H3,(H,13,14)/q-1/t6-/m0/s1. The Morgan fingerprint density at radius 1 is 1.50 bits per heavy atom. The quantitative estimate of drug-likeness (QED) is 0.669. The van der Waals surface area contributed by atoms with Gasteiger partial charge < -0.3 is 24.5 Å². The van der Waals surface area contributed by atoms with Crippen LogP contribution in [-0.4, -0.2) is 35.0 Å². The lowest BCUT2D eigenvalue weighted by molar-refractivity contribution is 0.0689. The van der Waals surface area contributed by atoms with Gasteiger partial charge in [-0.2, -0.15) is 0 Å². The van der Waals surface area contributed by atoms with Crippen LogP contribution in [0.5, 0.6) is 11.5 Å². The minimum atomic E-state index is -3.05. The molecule has 0 saturated heterocycles. The van der Waals surface area contributed by atoms with E-state index in [0.717, 1.165) is 0 Å². The first-order valence-corrected chi connectivity index (χ1v) is 5.58. The van der Waals surface area contributed by atoms with Crippen LogP contribution in [-0.2, 0) is 6.42 Å². The molecule has 2 rings (SSSR count). The molecule has 18 heavy (non-hydrogen) atoms. The Labute approximate surface area is 104 Å². The molecule has 0 fully saturated rings. The fourth-order valence-corrected chi connectivity index (χ4v) is 2.07. The third-order valence-corrected chi connectivity index (χ3v) is 3.21. The highest BCUT2D eigenvalue weighted by atomic mass is 16.6. The predicted molar refractivity (Wildman–Crippen MR) is 63.9 cm³/mol. The molecule has 0 bridgehead atoms. The van der Waals surface area contributed by atoms with Crippen LogP contribution in [0.2, 0.25) is 5.82 Å². The maximum atomic E-state index is 11.2. The number of methoxy groups -OCH3 is 1. The minimum absolute atomic E-state index is 0.0232. The van der Waals surface area contributed by atoms with E-state index in [0.29, 0.717) is 12.0 Å². The van der Waals surface area contributed by atoms with Crippen molar-refractivity contribution in [2.45, 2.75) is 19.2 Å². The van der Waals surface area contributed by atoms with Gasteiger partial charge in [-0.15, -0.1) is 0 Å². The van der Waals surface area contributed by atoms with Crippen LogP contribution < -0.4 is 9.39 Å². The van der Waals surface area contributed by atoms with Crippen molar-refractivity contribution in [3.63, 3.8) is 0 Å². The Morgan fingerprint density at radius 2 is 2.17 bits per heavy atom. The lowest BCUT2D eigenvalue weighted by atomic mass is 9.60. The van der Waals surface area contributed by atoms with Gasteiger partial charge in [-0.3, -0.25) is 0 Å². The molecule has 0 amide bonds. The molecule has 0 spiro atoms. The van der Waals surface area contributed by atoms with Gasteiger partial charge in [-0.25, -0.2) is 4.79 Å². The van der Waals surface area contributed by atoms with Crippen molar-refractivity contribution in [2.24, 2.45) is 0 Å². The SMILES string of the molecule is COc1ccc2c(c1C(=O)O)O[B-](O)(O)[C@@H](C)C2. The first-order valence-electron chi connectivity index (χ1n) is 5.58. The van der Waals surface area contributed by atoms with Crippen LogP contribution in [0.3, 0.4) is 0 Å². The summed E-state index contributed by atoms with van der Waals surface area (Å²) < 4.78 is 10.0. The second kappa shape index (κ2) is 4.18. The number of carbonyl (C=O) groups is 1. The largest absolute Gasteiger partial charge is 0.669 e. The zero-order valence-electron chi connectivity index (χ0n) is 10.1. The van der Waals surface area contributed by atoms with Crippen molar-refractivity contribution in [3.8, 4) is 11.5 Å². The topological polar surface area (TPSA) is 96.2 Å². The van der Waals surface area contributed by atoms with E-state index in [2.05, 4.69) is 0 Å². The van der Waals surface area contributed by atoms with Crippen molar-refractivity contribution >= 4 is 12.7 Å². The maximum absolute atomic E-state index is 11.2. The Morgan fingerprint density at radius 3 is 2.72 bits per heavy atom. The average molecular weight is 253 g/mol. The molecule has 0 saturated carbocycles. The molecular weight excluding hydrogens is 239 g/mol. The summed E-state index contributed by atoms with van der Waals surface area (Å²) in [5.74, 6) is -1.62. The van der Waals surface area contributed by atoms with Crippen molar-refractivity contribution in [1.82, 2.24) is 0 Å². The molecule has 1 aromatic carbocycles. The summed E-state index contributed by atoms with van der Waals surface area (Å²) in [5.41, 5.74) is 0.442. The van der Waals surface area contributed by atoms with E-state index in [1.807, 2.05) is 0 Å². The minimum Gasteiger partial charge on any atom is -0.669 e. The van der Waals surface area contributed by atoms with Gasteiger partial charge in [-0.05, 0) is 18.1 Å². The number of rotatable bonds is 2. The fraction of sp³-hybridized carbons (Fsp3) is 0.364. The molecule has 1 atom stereocenters. The summed E-state index contributed by atoms with van der Waals surface area (Å²) in [7, 11) is 1.34. The smallest absolute Gasteiger partial charge is 0.433 e. The fourth-order valence-electron chi connectivity index (χ4n) is 2.07. The van der Waals surface area contributed by atoms with Crippen LogP contribution in [0.25, 0.3) is 0 Å². The van der Waals surface area contributed by atoms with Crippen molar-refractivity contribution < 1.29 is 29.3 Å². The van der Waals surface area contributed by atoms with Crippen LogP contribution in [0.15, 0.2) is 12.1 Å². The lowest BCUT2D eigenvalue weighted by Crippen LogP contribution is -2.50. The number of carboxylic acids is 1. The van der Waals surface area contributed by atoms with Crippen molar-refractivity contribution in [3.05, 3.63) is 23.3 Å². The van der Waals surface area contributed by atoms with Crippen LogP contribution in [0.4, 0.5) is 0 Å². The molecule has 6 nitrogen and oxygen atoms in total. The van der Waals surface area contributed by atoms with E-state index >= 15 is 0 Å². The molecule has 0 aliphatic carbocycles. The summed E-state index contributed by atoms with van der Waals surface area (Å²) >= 11 is 0. The molecule has 0 unspecified atom stereocenters. The number of aromatic carboxylic acids is 1. The number of benzene rings is 1. The molecular formula is C11H14BO6-. The molecule has 0 aromatic heterocycles. The molecule has 1 aliphatic rings. The van der Waals surface area contributed by atoms with Gasteiger partial charge in [-0.1, -0.05) is 18.8 Å². The Bertz CT molecular complexity index is 499. The highest BCUT2D eigenvalue weighted by molar-refractivity contribution is 6.60. The Kier molecular flexibility index (Phi) is 2.96. The molecule has 3 N–H and O–H groups in total. The first-order chi connectivity index (χ1) is 8.36. The van der Waals surface area contributed by atoms with Crippen LogP contribution in [0.1, 0.15) is 22.8 Å². The number of hydrogen-bond donors (Lipinski definition) is 3. The van der Waals surface area contributed by atoms with E-state index in [9.17, 15) is 19.9 Å². The monoisotopic (exact) mass is 253 g/mol. The second-order valence-corrected chi connectivity index (χ2v) is 4.50. The van der Waals surface area contributed by atoms with E-state index < -0.39 is 18.5 Å². The summed E-state index contributed by atoms with van der Waals surface area (Å²) in [5, 5.41) is 28.6. The normalized spacial score (nSPS) is 20.8. The Hall–Kier alpha value is -1.73. The van der Waals surface area contributed by atoms with Gasteiger partial charge in [0.05, 0.1) is 12.9 Å². The highest BCUT2D eigenvalue weighted by Crippen LogP contribution is 2.41. The Balaban J connectivity index is 2.61. The number of fused-ring (bicyclic) bond motifs is 1. The zero-order chi connectivity index (χ0) is 13.5. The number of ether oxygens (including phenoxy) is 1. The third kappa shape index (κ3) is 1.91. The van der Waals surface area contributed by atoms with Gasteiger partial charge in [0.15, 0.2) is 0 Å². The summed E-state index contributed by atoms with van der Waals surface area (Å²) in [6.45, 7) is -1.42. The molecule has 0 radical (unpaired) electrons. The summed E-state index contributed by atoms with van der Waals surface area (Å²) in [6, 6.07) is 3.20.